The smallest absolute Gasteiger partial charge is 0.422 e. The maximum absolute atomic E-state index is 12.4. The molecule has 20 heavy (non-hydrogen) atoms. The van der Waals surface area contributed by atoms with Crippen LogP contribution in [0, 0.1) is 23.3 Å². The molecule has 2 N–H and O–H groups in total. The van der Waals surface area contributed by atoms with Gasteiger partial charge in [0.1, 0.15) is 5.56 Å². The Morgan fingerprint density at radius 3 is 1.70 bits per heavy atom. The summed E-state index contributed by atoms with van der Waals surface area (Å²) >= 11 is 0. The van der Waals surface area contributed by atoms with Crippen LogP contribution in [0.25, 0.3) is 0 Å². The van der Waals surface area contributed by atoms with Crippen molar-refractivity contribution in [3.05, 3.63) is 47.7 Å². The summed E-state index contributed by atoms with van der Waals surface area (Å²) < 4.78 is 89.6. The normalized spacial score (nSPS) is 10.0. The van der Waals surface area contributed by atoms with E-state index in [0.717, 1.165) is 6.61 Å². The molecule has 1 aromatic rings. The Bertz CT molecular complexity index is 417. The zero-order valence-electron chi connectivity index (χ0n) is 10.1. The van der Waals surface area contributed by atoms with Crippen LogP contribution in [0.3, 0.4) is 0 Å². The molecule has 0 amide bonds. The first-order valence-corrected chi connectivity index (χ1v) is 4.79. The summed E-state index contributed by atoms with van der Waals surface area (Å²) in [5.41, 5.74) is -2.56. The highest BCUT2D eigenvalue weighted by molar-refractivity contribution is 5.25. The molecule has 0 saturated carbocycles. The Morgan fingerprint density at radius 2 is 1.50 bits per heavy atom. The second-order valence-electron chi connectivity index (χ2n) is 2.96. The quantitative estimate of drug-likeness (QED) is 0.467. The molecule has 2 nitrogen and oxygen atoms in total. The Kier molecular flexibility index (Phi) is 8.64. The molecule has 9 heteroatoms. The lowest BCUT2D eigenvalue weighted by atomic mass is 10.1. The van der Waals surface area contributed by atoms with E-state index in [1.165, 1.54) is 6.26 Å². The molecule has 0 fully saturated rings. The molecule has 0 bridgehead atoms. The van der Waals surface area contributed by atoms with Gasteiger partial charge in [-0.05, 0) is 6.92 Å². The minimum Gasteiger partial charge on any atom is -0.502 e. The van der Waals surface area contributed by atoms with Gasteiger partial charge in [0, 0.05) is 6.07 Å². The minimum absolute atomic E-state index is 0. The predicted octanol–water partition coefficient (Wildman–Crippen LogP) is 3.60. The van der Waals surface area contributed by atoms with Gasteiger partial charge in [-0.3, -0.25) is 0 Å². The van der Waals surface area contributed by atoms with Gasteiger partial charge in [0.15, 0.2) is 23.3 Å². The third-order valence-corrected chi connectivity index (χ3v) is 1.68. The molecule has 1 rings (SSSR count). The Labute approximate surface area is 109 Å². The molecule has 0 spiro atoms. The number of ether oxygens (including phenoxy) is 1. The molecule has 0 radical (unpaired) electrons. The topological polar surface area (TPSA) is 40.7 Å². The number of rotatable bonds is 2. The average molecular weight is 308 g/mol. The summed E-state index contributed by atoms with van der Waals surface area (Å²) in [7, 11) is 0. The van der Waals surface area contributed by atoms with E-state index in [4.69, 9.17) is 0 Å². The van der Waals surface area contributed by atoms with E-state index in [1.807, 2.05) is 6.92 Å². The van der Waals surface area contributed by atoms with Gasteiger partial charge >= 0.3 is 6.18 Å². The van der Waals surface area contributed by atoms with Crippen molar-refractivity contribution in [1.82, 2.24) is 0 Å². The van der Waals surface area contributed by atoms with Crippen LogP contribution in [0.4, 0.5) is 30.7 Å². The fraction of sp³-hybridized carbons (Fsp3) is 0.273. The van der Waals surface area contributed by atoms with E-state index in [2.05, 4.69) is 11.3 Å². The van der Waals surface area contributed by atoms with Gasteiger partial charge in [-0.2, -0.15) is 13.2 Å². The van der Waals surface area contributed by atoms with Crippen molar-refractivity contribution in [3.63, 3.8) is 0 Å². The van der Waals surface area contributed by atoms with Gasteiger partial charge in [0.2, 0.25) is 0 Å². The highest BCUT2D eigenvalue weighted by atomic mass is 19.4. The third-order valence-electron chi connectivity index (χ3n) is 1.68. The molecular formula is C11H11F7O2. The van der Waals surface area contributed by atoms with Crippen LogP contribution in [0.1, 0.15) is 12.5 Å². The van der Waals surface area contributed by atoms with Crippen LogP contribution >= 0.6 is 0 Å². The van der Waals surface area contributed by atoms with Crippen molar-refractivity contribution in [2.45, 2.75) is 13.1 Å². The van der Waals surface area contributed by atoms with E-state index in [-0.39, 0.29) is 11.5 Å². The van der Waals surface area contributed by atoms with Crippen LogP contribution in [-0.4, -0.2) is 12.1 Å². The van der Waals surface area contributed by atoms with Crippen LogP contribution in [-0.2, 0) is 10.9 Å². The highest BCUT2D eigenvalue weighted by Gasteiger charge is 2.40. The summed E-state index contributed by atoms with van der Waals surface area (Å²) in [5, 5.41) is 0. The molecular weight excluding hydrogens is 297 g/mol. The molecule has 0 saturated heterocycles. The standard InChI is InChI=1S/C7HF7.C4H8O.H2O/c8-2-1-3(9)6(11)4(5(2)10)7(12,13)14;1-3-5-4-2;/h1H;3H,1,4H2,2H3;1H2. The van der Waals surface area contributed by atoms with Crippen LogP contribution < -0.4 is 0 Å². The van der Waals surface area contributed by atoms with Crippen LogP contribution in [0.15, 0.2) is 18.9 Å². The summed E-state index contributed by atoms with van der Waals surface area (Å²) in [6.45, 7) is 5.97. The Hall–Kier alpha value is -1.77. The first-order valence-electron chi connectivity index (χ1n) is 4.79. The van der Waals surface area contributed by atoms with Gasteiger partial charge in [0.05, 0.1) is 12.9 Å². The van der Waals surface area contributed by atoms with E-state index in [9.17, 15) is 30.7 Å². The largest absolute Gasteiger partial charge is 0.502 e. The molecule has 0 aliphatic carbocycles. The first kappa shape index (κ1) is 20.5. The average Bonchev–Trinajstić information content (AvgIpc) is 2.27. The first-order chi connectivity index (χ1) is 8.66. The number of hydrogen-bond donors (Lipinski definition) is 0. The highest BCUT2D eigenvalue weighted by Crippen LogP contribution is 2.35. The monoisotopic (exact) mass is 308 g/mol. The fourth-order valence-corrected chi connectivity index (χ4v) is 0.940. The third kappa shape index (κ3) is 5.47. The van der Waals surface area contributed by atoms with Crippen molar-refractivity contribution in [1.29, 1.82) is 0 Å². The maximum atomic E-state index is 12.4. The molecule has 0 aromatic heterocycles. The zero-order valence-corrected chi connectivity index (χ0v) is 10.1. The summed E-state index contributed by atoms with van der Waals surface area (Å²) in [5.74, 6) is -9.07. The molecule has 0 atom stereocenters. The second kappa shape index (κ2) is 8.41. The van der Waals surface area contributed by atoms with Gasteiger partial charge in [0.25, 0.3) is 0 Å². The fourth-order valence-electron chi connectivity index (χ4n) is 0.940. The van der Waals surface area contributed by atoms with Crippen LogP contribution in [0.2, 0.25) is 0 Å². The molecule has 0 unspecified atom stereocenters. The molecule has 0 aliphatic heterocycles. The maximum Gasteiger partial charge on any atom is 0.422 e. The number of hydrogen-bond acceptors (Lipinski definition) is 1. The lowest BCUT2D eigenvalue weighted by Crippen LogP contribution is -2.14. The van der Waals surface area contributed by atoms with Crippen molar-refractivity contribution in [2.75, 3.05) is 6.61 Å². The predicted molar refractivity (Wildman–Crippen MR) is 56.7 cm³/mol. The van der Waals surface area contributed by atoms with Gasteiger partial charge in [-0.15, -0.1) is 0 Å². The number of benzene rings is 1. The minimum atomic E-state index is -5.48. The van der Waals surface area contributed by atoms with E-state index in [0.29, 0.717) is 0 Å². The van der Waals surface area contributed by atoms with Crippen molar-refractivity contribution < 1.29 is 40.9 Å². The number of halogens is 7. The lowest BCUT2D eigenvalue weighted by molar-refractivity contribution is -0.143. The molecule has 116 valence electrons. The van der Waals surface area contributed by atoms with Gasteiger partial charge in [-0.25, -0.2) is 17.6 Å². The molecule has 0 aliphatic rings. The lowest BCUT2D eigenvalue weighted by Gasteiger charge is -2.09. The Morgan fingerprint density at radius 1 is 1.10 bits per heavy atom. The Balaban J connectivity index is 0. The zero-order chi connectivity index (χ0) is 15.2. The van der Waals surface area contributed by atoms with Gasteiger partial charge in [-0.1, -0.05) is 6.58 Å². The van der Waals surface area contributed by atoms with Gasteiger partial charge < -0.3 is 10.2 Å². The van der Waals surface area contributed by atoms with Crippen molar-refractivity contribution in [3.8, 4) is 0 Å². The molecule has 0 heterocycles. The van der Waals surface area contributed by atoms with Crippen molar-refractivity contribution in [2.24, 2.45) is 0 Å². The second-order valence-corrected chi connectivity index (χ2v) is 2.96. The molecule has 1 aromatic carbocycles. The number of alkyl halides is 3. The van der Waals surface area contributed by atoms with E-state index >= 15 is 0 Å². The summed E-state index contributed by atoms with van der Waals surface area (Å²) in [4.78, 5) is 0. The SMILES string of the molecule is C=COCC.Fc1cc(F)c(F)c(C(F)(F)F)c1F.O. The van der Waals surface area contributed by atoms with E-state index < -0.39 is 35.0 Å². The van der Waals surface area contributed by atoms with Crippen LogP contribution in [0.5, 0.6) is 0 Å². The van der Waals surface area contributed by atoms with Crippen molar-refractivity contribution >= 4 is 0 Å². The summed E-state index contributed by atoms with van der Waals surface area (Å²) in [6.07, 6.45) is -4.04. The summed E-state index contributed by atoms with van der Waals surface area (Å²) in [6, 6.07) is -0.292. The van der Waals surface area contributed by atoms with E-state index in [1.54, 1.807) is 0 Å².